The summed E-state index contributed by atoms with van der Waals surface area (Å²) in [5.74, 6) is -1.78. The molecule has 0 amide bonds. The Balaban J connectivity index is 2.25. The Bertz CT molecular complexity index is 855. The number of rotatable bonds is 5. The van der Waals surface area contributed by atoms with Crippen LogP contribution in [0.3, 0.4) is 0 Å². The highest BCUT2D eigenvalue weighted by Gasteiger charge is 2.17. The summed E-state index contributed by atoms with van der Waals surface area (Å²) in [6, 6.07) is 6.44. The summed E-state index contributed by atoms with van der Waals surface area (Å²) in [5.41, 5.74) is 2.21. The van der Waals surface area contributed by atoms with Gasteiger partial charge in [-0.1, -0.05) is 23.2 Å². The number of carboxylic acids is 1. The number of carboxylic acid groups (broad SMARTS) is 1. The van der Waals surface area contributed by atoms with Crippen molar-refractivity contribution in [2.45, 2.75) is 0 Å². The smallest absolute Gasteiger partial charge is 0.337 e. The first-order valence-electron chi connectivity index (χ1n) is 6.28. The van der Waals surface area contributed by atoms with E-state index in [9.17, 15) is 20.0 Å². The Morgan fingerprint density at radius 1 is 1.29 bits per heavy atom. The second kappa shape index (κ2) is 7.16. The first kappa shape index (κ1) is 17.5. The molecule has 0 aliphatic rings. The lowest BCUT2D eigenvalue weighted by Crippen LogP contribution is -1.99. The van der Waals surface area contributed by atoms with E-state index in [1.54, 1.807) is 0 Å². The van der Waals surface area contributed by atoms with Crippen molar-refractivity contribution in [3.05, 3.63) is 61.6 Å². The number of hydrazone groups is 1. The molecule has 24 heavy (non-hydrogen) atoms. The Kier molecular flexibility index (Phi) is 5.22. The average molecular weight is 370 g/mol. The van der Waals surface area contributed by atoms with Crippen LogP contribution in [0.5, 0.6) is 5.75 Å². The number of halogens is 2. The largest absolute Gasteiger partial charge is 0.502 e. The highest BCUT2D eigenvalue weighted by atomic mass is 35.5. The molecule has 0 radical (unpaired) electrons. The predicted molar refractivity (Wildman–Crippen MR) is 89.4 cm³/mol. The molecule has 0 saturated heterocycles. The monoisotopic (exact) mass is 369 g/mol. The van der Waals surface area contributed by atoms with Gasteiger partial charge in [-0.15, -0.1) is 0 Å². The van der Waals surface area contributed by atoms with Crippen LogP contribution in [0.4, 0.5) is 11.4 Å². The zero-order valence-electron chi connectivity index (χ0n) is 11.7. The van der Waals surface area contributed by atoms with Crippen LogP contribution >= 0.6 is 23.2 Å². The molecule has 0 aromatic heterocycles. The van der Waals surface area contributed by atoms with E-state index in [-0.39, 0.29) is 21.2 Å². The van der Waals surface area contributed by atoms with Gasteiger partial charge in [0.05, 0.1) is 27.4 Å². The van der Waals surface area contributed by atoms with Crippen molar-refractivity contribution in [1.82, 2.24) is 0 Å². The molecule has 0 heterocycles. The second-order valence-corrected chi connectivity index (χ2v) is 5.33. The number of hydrogen-bond acceptors (Lipinski definition) is 6. The lowest BCUT2D eigenvalue weighted by atomic mass is 10.2. The van der Waals surface area contributed by atoms with Crippen molar-refractivity contribution in [2.24, 2.45) is 5.10 Å². The molecule has 0 bridgehead atoms. The number of anilines is 1. The van der Waals surface area contributed by atoms with Crippen molar-refractivity contribution in [2.75, 3.05) is 5.43 Å². The van der Waals surface area contributed by atoms with Crippen LogP contribution in [0, 0.1) is 10.1 Å². The molecule has 0 spiro atoms. The van der Waals surface area contributed by atoms with E-state index in [1.165, 1.54) is 24.3 Å². The van der Waals surface area contributed by atoms with E-state index in [4.69, 9.17) is 28.3 Å². The third-order valence-electron chi connectivity index (χ3n) is 2.87. The number of nitrogens with zero attached hydrogens (tertiary/aromatic N) is 2. The SMILES string of the molecule is O=C(O)c1cc(NN=Cc2cc(Cl)cc([N+](=O)[O-])c2O)ccc1Cl. The summed E-state index contributed by atoms with van der Waals surface area (Å²) in [7, 11) is 0. The van der Waals surface area contributed by atoms with Crippen molar-refractivity contribution in [3.63, 3.8) is 0 Å². The summed E-state index contributed by atoms with van der Waals surface area (Å²) >= 11 is 11.5. The molecule has 10 heteroatoms. The maximum absolute atomic E-state index is 11.0. The lowest BCUT2D eigenvalue weighted by molar-refractivity contribution is -0.385. The van der Waals surface area contributed by atoms with Gasteiger partial charge in [-0.05, 0) is 24.3 Å². The maximum atomic E-state index is 11.0. The number of carbonyl (C=O) groups is 1. The normalized spacial score (nSPS) is 10.8. The summed E-state index contributed by atoms with van der Waals surface area (Å²) in [6.07, 6.45) is 1.11. The van der Waals surface area contributed by atoms with Crippen LogP contribution < -0.4 is 5.43 Å². The highest BCUT2D eigenvalue weighted by molar-refractivity contribution is 6.33. The van der Waals surface area contributed by atoms with Gasteiger partial charge in [-0.3, -0.25) is 15.5 Å². The van der Waals surface area contributed by atoms with Crippen LogP contribution in [0.2, 0.25) is 10.0 Å². The van der Waals surface area contributed by atoms with Crippen LogP contribution in [-0.2, 0) is 0 Å². The van der Waals surface area contributed by atoms with Gasteiger partial charge in [0.15, 0.2) is 0 Å². The predicted octanol–water partition coefficient (Wildman–Crippen LogP) is 3.75. The van der Waals surface area contributed by atoms with E-state index in [2.05, 4.69) is 10.5 Å². The van der Waals surface area contributed by atoms with Crippen molar-refractivity contribution < 1.29 is 19.9 Å². The van der Waals surface area contributed by atoms with Crippen molar-refractivity contribution in [1.29, 1.82) is 0 Å². The topological polar surface area (TPSA) is 125 Å². The van der Waals surface area contributed by atoms with E-state index in [1.807, 2.05) is 0 Å². The minimum absolute atomic E-state index is 0.0223. The van der Waals surface area contributed by atoms with Gasteiger partial charge in [0.25, 0.3) is 0 Å². The standard InChI is InChI=1S/C14H9Cl2N3O5/c15-8-3-7(13(20)12(4-8)19(23)24)6-17-18-9-1-2-11(16)10(5-9)14(21)22/h1-6,18,20H,(H,21,22). The molecule has 0 aliphatic carbocycles. The van der Waals surface area contributed by atoms with Crippen molar-refractivity contribution >= 4 is 46.8 Å². The maximum Gasteiger partial charge on any atom is 0.337 e. The molecule has 0 fully saturated rings. The number of benzene rings is 2. The van der Waals surface area contributed by atoms with Crippen molar-refractivity contribution in [3.8, 4) is 5.75 Å². The molecule has 0 unspecified atom stereocenters. The zero-order chi connectivity index (χ0) is 17.9. The minimum atomic E-state index is -1.20. The Morgan fingerprint density at radius 3 is 2.62 bits per heavy atom. The van der Waals surface area contributed by atoms with Gasteiger partial charge in [-0.2, -0.15) is 5.10 Å². The number of aromatic carboxylic acids is 1. The minimum Gasteiger partial charge on any atom is -0.502 e. The molecular formula is C14H9Cl2N3O5. The first-order valence-corrected chi connectivity index (χ1v) is 7.04. The van der Waals surface area contributed by atoms with Gasteiger partial charge in [0, 0.05) is 16.7 Å². The van der Waals surface area contributed by atoms with Crippen LogP contribution in [0.25, 0.3) is 0 Å². The third-order valence-corrected chi connectivity index (χ3v) is 3.42. The number of nitrogens with one attached hydrogen (secondary N) is 1. The molecule has 2 rings (SSSR count). The molecule has 3 N–H and O–H groups in total. The molecule has 2 aromatic carbocycles. The molecule has 2 aromatic rings. The van der Waals surface area contributed by atoms with Crippen LogP contribution in [-0.4, -0.2) is 27.3 Å². The number of nitro groups is 1. The summed E-state index contributed by atoms with van der Waals surface area (Å²) < 4.78 is 0. The van der Waals surface area contributed by atoms with Gasteiger partial charge in [-0.25, -0.2) is 4.79 Å². The molecule has 124 valence electrons. The van der Waals surface area contributed by atoms with E-state index in [0.717, 1.165) is 12.3 Å². The molecule has 0 aliphatic heterocycles. The molecule has 8 nitrogen and oxygen atoms in total. The first-order chi connectivity index (χ1) is 11.3. The summed E-state index contributed by atoms with van der Waals surface area (Å²) in [4.78, 5) is 21.0. The second-order valence-electron chi connectivity index (χ2n) is 4.49. The Morgan fingerprint density at radius 2 is 2.00 bits per heavy atom. The van der Waals surface area contributed by atoms with Gasteiger partial charge < -0.3 is 10.2 Å². The average Bonchev–Trinajstić information content (AvgIpc) is 2.51. The van der Waals surface area contributed by atoms with E-state index < -0.39 is 22.3 Å². The number of phenols is 1. The Hall–Kier alpha value is -2.84. The van der Waals surface area contributed by atoms with E-state index in [0.29, 0.717) is 5.69 Å². The van der Waals surface area contributed by atoms with Gasteiger partial charge >= 0.3 is 11.7 Å². The number of hydrogen-bond donors (Lipinski definition) is 3. The summed E-state index contributed by atoms with van der Waals surface area (Å²) in [5, 5.41) is 33.5. The highest BCUT2D eigenvalue weighted by Crippen LogP contribution is 2.32. The molecule has 0 atom stereocenters. The summed E-state index contributed by atoms with van der Waals surface area (Å²) in [6.45, 7) is 0. The lowest BCUT2D eigenvalue weighted by Gasteiger charge is -2.04. The fourth-order valence-corrected chi connectivity index (χ4v) is 2.20. The fourth-order valence-electron chi connectivity index (χ4n) is 1.78. The number of phenolic OH excluding ortho intramolecular Hbond substituents is 1. The zero-order valence-corrected chi connectivity index (χ0v) is 13.2. The van der Waals surface area contributed by atoms with Crippen LogP contribution in [0.1, 0.15) is 15.9 Å². The van der Waals surface area contributed by atoms with E-state index >= 15 is 0 Å². The Labute approximate surface area is 145 Å². The van der Waals surface area contributed by atoms with Gasteiger partial charge in [0.2, 0.25) is 5.75 Å². The van der Waals surface area contributed by atoms with Gasteiger partial charge in [0.1, 0.15) is 0 Å². The quantitative estimate of drug-likeness (QED) is 0.418. The molecule has 0 saturated carbocycles. The third kappa shape index (κ3) is 3.92. The molecular weight excluding hydrogens is 361 g/mol. The fraction of sp³-hybridized carbons (Fsp3) is 0. The van der Waals surface area contributed by atoms with Crippen LogP contribution in [0.15, 0.2) is 35.4 Å². The number of nitro benzene ring substituents is 1. The number of aromatic hydroxyl groups is 1.